The summed E-state index contributed by atoms with van der Waals surface area (Å²) in [5.41, 5.74) is 0.925. The highest BCUT2D eigenvalue weighted by molar-refractivity contribution is 7.99. The molecule has 0 saturated heterocycles. The maximum atomic E-state index is 12.3. The van der Waals surface area contributed by atoms with E-state index in [-0.39, 0.29) is 11.7 Å². The quantitative estimate of drug-likeness (QED) is 0.364. The Kier molecular flexibility index (Phi) is 5.85. The summed E-state index contributed by atoms with van der Waals surface area (Å²) in [5.74, 6) is 1.52. The highest BCUT2D eigenvalue weighted by atomic mass is 35.5. The summed E-state index contributed by atoms with van der Waals surface area (Å²) in [7, 11) is 1.71. The van der Waals surface area contributed by atoms with Crippen molar-refractivity contribution in [3.8, 4) is 11.3 Å². The van der Waals surface area contributed by atoms with Crippen LogP contribution in [0, 0.1) is 5.21 Å². The molecule has 0 aliphatic carbocycles. The van der Waals surface area contributed by atoms with E-state index < -0.39 is 0 Å². The smallest absolute Gasteiger partial charge is 0.251 e. The molecule has 7 heteroatoms. The number of hydrogen-bond acceptors (Lipinski definition) is 4. The minimum Gasteiger partial charge on any atom is -0.618 e. The Hall–Kier alpha value is -2.44. The predicted molar refractivity (Wildman–Crippen MR) is 102 cm³/mol. The maximum Gasteiger partial charge on any atom is 0.251 e. The molecule has 3 rings (SSSR count). The lowest BCUT2D eigenvalue weighted by Crippen LogP contribution is -2.30. The second-order valence-electron chi connectivity index (χ2n) is 5.68. The molecule has 0 saturated carbocycles. The molecule has 1 amide bonds. The van der Waals surface area contributed by atoms with Crippen LogP contribution in [0.25, 0.3) is 11.3 Å². The van der Waals surface area contributed by atoms with Gasteiger partial charge in [-0.05, 0) is 54.2 Å². The highest BCUT2D eigenvalue weighted by Crippen LogP contribution is 2.24. The van der Waals surface area contributed by atoms with Gasteiger partial charge < -0.3 is 14.5 Å². The van der Waals surface area contributed by atoms with Crippen molar-refractivity contribution in [2.24, 2.45) is 0 Å². The van der Waals surface area contributed by atoms with Gasteiger partial charge in [0.05, 0.1) is 12.3 Å². The van der Waals surface area contributed by atoms with Crippen molar-refractivity contribution in [2.75, 3.05) is 12.8 Å². The van der Waals surface area contributed by atoms with Crippen molar-refractivity contribution in [2.45, 2.75) is 11.6 Å². The number of furan rings is 1. The molecule has 134 valence electrons. The maximum absolute atomic E-state index is 12.3. The van der Waals surface area contributed by atoms with Gasteiger partial charge in [0.25, 0.3) is 5.03 Å². The van der Waals surface area contributed by atoms with Gasteiger partial charge in [0, 0.05) is 29.8 Å². The van der Waals surface area contributed by atoms with E-state index in [0.717, 1.165) is 16.1 Å². The molecule has 0 aliphatic rings. The van der Waals surface area contributed by atoms with Gasteiger partial charge in [0.2, 0.25) is 5.91 Å². The fraction of sp³-hybridized carbons (Fsp3) is 0.158. The number of benzene rings is 1. The van der Waals surface area contributed by atoms with Crippen LogP contribution in [0.4, 0.5) is 0 Å². The monoisotopic (exact) mass is 388 g/mol. The van der Waals surface area contributed by atoms with E-state index in [1.165, 1.54) is 18.0 Å². The van der Waals surface area contributed by atoms with Crippen molar-refractivity contribution in [1.82, 2.24) is 4.90 Å². The molecule has 0 N–H and O–H groups in total. The average Bonchev–Trinajstić information content (AvgIpc) is 3.09. The molecule has 0 unspecified atom stereocenters. The van der Waals surface area contributed by atoms with Gasteiger partial charge in [0.15, 0.2) is 6.20 Å². The summed E-state index contributed by atoms with van der Waals surface area (Å²) in [5, 5.41) is 12.8. The van der Waals surface area contributed by atoms with E-state index in [4.69, 9.17) is 16.0 Å². The van der Waals surface area contributed by atoms with Crippen LogP contribution in [0.2, 0.25) is 5.02 Å². The van der Waals surface area contributed by atoms with E-state index in [1.54, 1.807) is 42.3 Å². The Labute approximate surface area is 160 Å². The zero-order valence-electron chi connectivity index (χ0n) is 14.1. The molecule has 5 nitrogen and oxygen atoms in total. The lowest BCUT2D eigenvalue weighted by molar-refractivity contribution is -0.645. The number of rotatable bonds is 6. The van der Waals surface area contributed by atoms with E-state index >= 15 is 0 Å². The van der Waals surface area contributed by atoms with E-state index in [9.17, 15) is 10.0 Å². The van der Waals surface area contributed by atoms with Crippen LogP contribution in [-0.4, -0.2) is 23.6 Å². The summed E-state index contributed by atoms with van der Waals surface area (Å²) in [4.78, 5) is 13.9. The number of nitrogens with zero attached hydrogens (tertiary/aromatic N) is 2. The normalized spacial score (nSPS) is 10.7. The Balaban J connectivity index is 1.57. The van der Waals surface area contributed by atoms with Crippen LogP contribution < -0.4 is 4.73 Å². The van der Waals surface area contributed by atoms with E-state index in [1.807, 2.05) is 24.3 Å². The topological polar surface area (TPSA) is 60.4 Å². The van der Waals surface area contributed by atoms with Crippen molar-refractivity contribution >= 4 is 29.3 Å². The van der Waals surface area contributed by atoms with Crippen LogP contribution in [0.5, 0.6) is 0 Å². The molecule has 0 spiro atoms. The number of amides is 1. The zero-order valence-corrected chi connectivity index (χ0v) is 15.7. The fourth-order valence-electron chi connectivity index (χ4n) is 2.32. The van der Waals surface area contributed by atoms with Crippen LogP contribution in [0.3, 0.4) is 0 Å². The van der Waals surface area contributed by atoms with Crippen LogP contribution in [0.15, 0.2) is 70.2 Å². The average molecular weight is 389 g/mol. The minimum absolute atomic E-state index is 0.0803. The highest BCUT2D eigenvalue weighted by Gasteiger charge is 2.15. The summed E-state index contributed by atoms with van der Waals surface area (Å²) in [6.07, 6.45) is 1.41. The Morgan fingerprint density at radius 3 is 2.69 bits per heavy atom. The Bertz CT molecular complexity index is 896. The molecule has 2 heterocycles. The summed E-state index contributed by atoms with van der Waals surface area (Å²) in [6, 6.07) is 16.2. The first-order valence-corrected chi connectivity index (χ1v) is 9.29. The van der Waals surface area contributed by atoms with Gasteiger partial charge in [-0.25, -0.2) is 0 Å². The van der Waals surface area contributed by atoms with Crippen molar-refractivity contribution in [3.63, 3.8) is 0 Å². The first kappa shape index (κ1) is 18.4. The van der Waals surface area contributed by atoms with E-state index in [2.05, 4.69) is 0 Å². The molecule has 0 fully saturated rings. The Morgan fingerprint density at radius 2 is 1.96 bits per heavy atom. The number of carbonyl (C=O) groups is 1. The number of thioether (sulfide) groups is 1. The minimum atomic E-state index is -0.0803. The zero-order chi connectivity index (χ0) is 18.5. The first-order valence-electron chi connectivity index (χ1n) is 7.92. The molecule has 0 aliphatic heterocycles. The molecular weight excluding hydrogens is 372 g/mol. The molecular formula is C19H17ClN2O3S. The largest absolute Gasteiger partial charge is 0.618 e. The van der Waals surface area contributed by atoms with Crippen molar-refractivity contribution in [3.05, 3.63) is 76.8 Å². The van der Waals surface area contributed by atoms with Gasteiger partial charge >= 0.3 is 0 Å². The summed E-state index contributed by atoms with van der Waals surface area (Å²) < 4.78 is 6.57. The van der Waals surface area contributed by atoms with Crippen LogP contribution in [-0.2, 0) is 11.3 Å². The molecule has 1 aromatic carbocycles. The fourth-order valence-corrected chi connectivity index (χ4v) is 3.31. The standard InChI is InChI=1S/C19H17ClN2O3S/c1-21(18(23)13-26-19-4-2-3-11-22(19)24)12-16-9-10-17(25-16)14-5-7-15(20)8-6-14/h2-11H,12-13H2,1H3. The first-order chi connectivity index (χ1) is 12.5. The Morgan fingerprint density at radius 1 is 1.19 bits per heavy atom. The molecule has 3 aromatic rings. The third-order valence-corrected chi connectivity index (χ3v) is 5.00. The molecule has 0 bridgehead atoms. The second kappa shape index (κ2) is 8.29. The lowest BCUT2D eigenvalue weighted by Gasteiger charge is -2.15. The predicted octanol–water partition coefficient (Wildman–Crippen LogP) is 3.98. The third-order valence-electron chi connectivity index (χ3n) is 3.74. The van der Waals surface area contributed by atoms with Crippen molar-refractivity contribution < 1.29 is 13.9 Å². The summed E-state index contributed by atoms with van der Waals surface area (Å²) in [6.45, 7) is 0.360. The van der Waals surface area contributed by atoms with Gasteiger partial charge in [-0.2, -0.15) is 4.73 Å². The third kappa shape index (κ3) is 4.59. The summed E-state index contributed by atoms with van der Waals surface area (Å²) >= 11 is 7.11. The number of aromatic nitrogens is 1. The molecule has 0 atom stereocenters. The van der Waals surface area contributed by atoms with Crippen LogP contribution in [0.1, 0.15) is 5.76 Å². The second-order valence-corrected chi connectivity index (χ2v) is 7.11. The number of carbonyl (C=O) groups excluding carboxylic acids is 1. The van der Waals surface area contributed by atoms with Crippen LogP contribution >= 0.6 is 23.4 Å². The number of pyridine rings is 1. The molecule has 2 aromatic heterocycles. The van der Waals surface area contributed by atoms with E-state index in [0.29, 0.717) is 22.4 Å². The molecule has 26 heavy (non-hydrogen) atoms. The number of halogens is 1. The van der Waals surface area contributed by atoms with Crippen molar-refractivity contribution in [1.29, 1.82) is 0 Å². The van der Waals surface area contributed by atoms with Gasteiger partial charge in [-0.1, -0.05) is 11.6 Å². The van der Waals surface area contributed by atoms with Gasteiger partial charge in [-0.15, -0.1) is 0 Å². The molecule has 0 radical (unpaired) electrons. The lowest BCUT2D eigenvalue weighted by atomic mass is 10.2. The van der Waals surface area contributed by atoms with Gasteiger partial charge in [0.1, 0.15) is 11.5 Å². The van der Waals surface area contributed by atoms with Gasteiger partial charge in [-0.3, -0.25) is 4.79 Å². The SMILES string of the molecule is CN(Cc1ccc(-c2ccc(Cl)cc2)o1)C(=O)CSc1cccc[n+]1[O-]. The number of hydrogen-bond donors (Lipinski definition) is 0.